The molecule has 0 unspecified atom stereocenters. The zero-order chi connectivity index (χ0) is 19.8. The van der Waals surface area contributed by atoms with E-state index in [0.29, 0.717) is 10.9 Å². The van der Waals surface area contributed by atoms with Crippen LogP contribution in [-0.4, -0.2) is 68.6 Å². The van der Waals surface area contributed by atoms with Crippen LogP contribution in [0.25, 0.3) is 0 Å². The van der Waals surface area contributed by atoms with Crippen LogP contribution in [0.1, 0.15) is 18.4 Å². The number of amides is 1. The number of rotatable bonds is 7. The minimum atomic E-state index is -0.603. The number of hydrogen-bond donors (Lipinski definition) is 3. The predicted octanol–water partition coefficient (Wildman–Crippen LogP) is 0.822. The molecule has 2 rings (SSSR count). The van der Waals surface area contributed by atoms with Crippen molar-refractivity contribution in [1.82, 2.24) is 19.9 Å². The average Bonchev–Trinajstić information content (AvgIpc) is 3.17. The maximum atomic E-state index is 12.0. The Kier molecular flexibility index (Phi) is 8.41. The maximum Gasteiger partial charge on any atom is 0.264 e. The van der Waals surface area contributed by atoms with Crippen LogP contribution in [-0.2, 0) is 16.1 Å². The van der Waals surface area contributed by atoms with Crippen LogP contribution < -0.4 is 11.0 Å². The molecule has 27 heavy (non-hydrogen) atoms. The van der Waals surface area contributed by atoms with E-state index in [1.165, 1.54) is 23.4 Å². The van der Waals surface area contributed by atoms with Crippen LogP contribution >= 0.6 is 36.2 Å². The van der Waals surface area contributed by atoms with E-state index in [-0.39, 0.29) is 34.4 Å². The molecule has 1 aliphatic heterocycles. The first-order chi connectivity index (χ1) is 12.9. The topological polar surface area (TPSA) is 112 Å². The first kappa shape index (κ1) is 21.5. The van der Waals surface area contributed by atoms with Crippen molar-refractivity contribution < 1.29 is 14.6 Å². The fraction of sp³-hybridized carbons (Fsp3) is 0.533. The molecule has 1 aromatic rings. The second-order valence-electron chi connectivity index (χ2n) is 5.68. The molecule has 0 aromatic carbocycles. The average molecular weight is 432 g/mol. The number of thiocarbonyl (C=S) groups is 1. The van der Waals surface area contributed by atoms with Crippen LogP contribution in [0.3, 0.4) is 0 Å². The van der Waals surface area contributed by atoms with Gasteiger partial charge in [-0.15, -0.1) is 0 Å². The zero-order valence-electron chi connectivity index (χ0n) is 14.8. The molecule has 0 radical (unpaired) electrons. The monoisotopic (exact) mass is 431 g/mol. The molecule has 0 spiro atoms. The molecule has 1 fully saturated rings. The predicted molar refractivity (Wildman–Crippen MR) is 111 cm³/mol. The maximum absolute atomic E-state index is 12.0. The van der Waals surface area contributed by atoms with Crippen molar-refractivity contribution in [3.63, 3.8) is 0 Å². The molecule has 12 heteroatoms. The van der Waals surface area contributed by atoms with Gasteiger partial charge in [0.15, 0.2) is 4.77 Å². The van der Waals surface area contributed by atoms with Gasteiger partial charge < -0.3 is 14.7 Å². The summed E-state index contributed by atoms with van der Waals surface area (Å²) >= 11 is 11.6. The molecule has 3 N–H and O–H groups in total. The fourth-order valence-corrected chi connectivity index (χ4v) is 3.71. The molecule has 0 aliphatic carbocycles. The van der Waals surface area contributed by atoms with Gasteiger partial charge >= 0.3 is 0 Å². The fourth-order valence-electron chi connectivity index (χ4n) is 2.40. The minimum absolute atomic E-state index is 0.0718. The third-order valence-electron chi connectivity index (χ3n) is 3.80. The number of ether oxygens (including phenoxy) is 1. The van der Waals surface area contributed by atoms with Crippen LogP contribution in [0.4, 0.5) is 0 Å². The lowest BCUT2D eigenvalue weighted by Gasteiger charge is -2.16. The van der Waals surface area contributed by atoms with Crippen molar-refractivity contribution in [2.75, 3.05) is 32.6 Å². The minimum Gasteiger partial charge on any atom is -0.494 e. The Balaban J connectivity index is 1.94. The van der Waals surface area contributed by atoms with E-state index in [0.717, 1.165) is 32.1 Å². The number of aromatic amines is 1. The molecule has 0 atom stereocenters. The van der Waals surface area contributed by atoms with Crippen molar-refractivity contribution >= 4 is 52.6 Å². The van der Waals surface area contributed by atoms with Gasteiger partial charge in [-0.1, -0.05) is 24.0 Å². The van der Waals surface area contributed by atoms with E-state index in [1.807, 2.05) is 0 Å². The number of nitrogens with zero attached hydrogens (tertiary/aromatic N) is 3. The number of carbonyl (C=O) groups is 1. The van der Waals surface area contributed by atoms with Crippen molar-refractivity contribution in [3.8, 4) is 5.88 Å². The molecule has 2 heterocycles. The van der Waals surface area contributed by atoms with E-state index < -0.39 is 5.56 Å². The molecule has 1 amide bonds. The van der Waals surface area contributed by atoms with Gasteiger partial charge in [0.2, 0.25) is 5.88 Å². The molecule has 1 saturated heterocycles. The van der Waals surface area contributed by atoms with E-state index in [4.69, 9.17) is 29.2 Å². The van der Waals surface area contributed by atoms with E-state index >= 15 is 0 Å². The normalized spacial score (nSPS) is 14.0. The summed E-state index contributed by atoms with van der Waals surface area (Å²) < 4.78 is 7.02. The van der Waals surface area contributed by atoms with Crippen molar-refractivity contribution in [2.24, 2.45) is 5.10 Å². The number of carbonyl (C=O) groups excluding carboxylic acids is 1. The van der Waals surface area contributed by atoms with Gasteiger partial charge in [-0.05, 0) is 25.1 Å². The van der Waals surface area contributed by atoms with Gasteiger partial charge in [-0.2, -0.15) is 5.10 Å². The number of hydrazone groups is 1. The molecule has 1 aliphatic rings. The number of aromatic hydroxyl groups is 1. The summed E-state index contributed by atoms with van der Waals surface area (Å²) in [4.78, 5) is 28.4. The van der Waals surface area contributed by atoms with Gasteiger partial charge in [0.05, 0.1) is 25.1 Å². The van der Waals surface area contributed by atoms with Crippen molar-refractivity contribution in [1.29, 1.82) is 0 Å². The summed E-state index contributed by atoms with van der Waals surface area (Å²) in [6.07, 6.45) is 3.30. The number of thioether (sulfide) groups is 1. The SMILES string of the molecule is COCCn1c(O)c(C=NNC(=O)CSC(=S)N2CCCC2)c(=O)[nH]c1=S. The van der Waals surface area contributed by atoms with E-state index in [9.17, 15) is 14.7 Å². The van der Waals surface area contributed by atoms with Crippen molar-refractivity contribution in [3.05, 3.63) is 20.7 Å². The smallest absolute Gasteiger partial charge is 0.264 e. The lowest BCUT2D eigenvalue weighted by Crippen LogP contribution is -2.27. The lowest BCUT2D eigenvalue weighted by molar-refractivity contribution is -0.118. The van der Waals surface area contributed by atoms with Gasteiger partial charge in [0, 0.05) is 20.2 Å². The molecule has 9 nitrogen and oxygen atoms in total. The molecule has 0 bridgehead atoms. The second-order valence-corrected chi connectivity index (χ2v) is 7.68. The van der Waals surface area contributed by atoms with Crippen LogP contribution in [0.15, 0.2) is 9.90 Å². The molecular formula is C15H21N5O4S3. The van der Waals surface area contributed by atoms with Gasteiger partial charge in [-0.3, -0.25) is 19.1 Å². The highest BCUT2D eigenvalue weighted by molar-refractivity contribution is 8.23. The van der Waals surface area contributed by atoms with E-state index in [2.05, 4.69) is 20.4 Å². The summed E-state index contributed by atoms with van der Waals surface area (Å²) in [6, 6.07) is 0. The number of methoxy groups -OCH3 is 1. The highest BCUT2D eigenvalue weighted by Gasteiger charge is 2.16. The number of aromatic nitrogens is 2. The Morgan fingerprint density at radius 1 is 1.48 bits per heavy atom. The van der Waals surface area contributed by atoms with Crippen LogP contribution in [0.5, 0.6) is 5.88 Å². The number of nitrogens with one attached hydrogen (secondary N) is 2. The van der Waals surface area contributed by atoms with Crippen LogP contribution in [0.2, 0.25) is 0 Å². The Hall–Kier alpha value is -1.76. The third kappa shape index (κ3) is 6.13. The zero-order valence-corrected chi connectivity index (χ0v) is 17.2. The van der Waals surface area contributed by atoms with Crippen molar-refractivity contribution in [2.45, 2.75) is 19.4 Å². The quantitative estimate of drug-likeness (QED) is 0.331. The van der Waals surface area contributed by atoms with Gasteiger partial charge in [0.1, 0.15) is 9.88 Å². The van der Waals surface area contributed by atoms with Gasteiger partial charge in [-0.25, -0.2) is 5.43 Å². The largest absolute Gasteiger partial charge is 0.494 e. The molecule has 1 aromatic heterocycles. The Morgan fingerprint density at radius 2 is 2.19 bits per heavy atom. The Bertz CT molecular complexity index is 830. The van der Waals surface area contributed by atoms with Crippen LogP contribution in [0, 0.1) is 4.77 Å². The standard InChI is InChI=1S/C15H21N5O4S3/c1-24-7-6-20-13(23)10(12(22)17-14(20)25)8-16-18-11(21)9-27-15(26)19-4-2-3-5-19/h8,23H,2-7,9H2,1H3,(H,18,21)(H,17,22,25). The lowest BCUT2D eigenvalue weighted by atomic mass is 10.3. The molecule has 148 valence electrons. The summed E-state index contributed by atoms with van der Waals surface area (Å²) in [5.74, 6) is -0.585. The summed E-state index contributed by atoms with van der Waals surface area (Å²) in [5.41, 5.74) is 1.60. The molecule has 0 saturated carbocycles. The highest BCUT2D eigenvalue weighted by Crippen LogP contribution is 2.16. The number of H-pyrrole nitrogens is 1. The van der Waals surface area contributed by atoms with E-state index in [1.54, 1.807) is 0 Å². The van der Waals surface area contributed by atoms with Gasteiger partial charge in [0.25, 0.3) is 11.5 Å². The number of hydrogen-bond acceptors (Lipinski definition) is 8. The number of likely N-dealkylation sites (tertiary alicyclic amines) is 1. The second kappa shape index (κ2) is 10.5. The summed E-state index contributed by atoms with van der Waals surface area (Å²) in [5, 5.41) is 14.0. The Morgan fingerprint density at radius 3 is 2.85 bits per heavy atom. The first-order valence-electron chi connectivity index (χ1n) is 8.22. The summed E-state index contributed by atoms with van der Waals surface area (Å²) in [6.45, 7) is 2.41. The summed E-state index contributed by atoms with van der Waals surface area (Å²) in [7, 11) is 1.51. The Labute approximate surface area is 170 Å². The highest BCUT2D eigenvalue weighted by atomic mass is 32.2. The first-order valence-corrected chi connectivity index (χ1v) is 10.0. The third-order valence-corrected chi connectivity index (χ3v) is 5.65. The molecular weight excluding hydrogens is 410 g/mol.